The Morgan fingerprint density at radius 1 is 1.27 bits per heavy atom. The molecule has 0 aromatic carbocycles. The molecule has 0 radical (unpaired) electrons. The zero-order chi connectivity index (χ0) is 23.6. The predicted octanol–water partition coefficient (Wildman–Crippen LogP) is 3.13. The first kappa shape index (κ1) is 23.0. The molecule has 4 rings (SSSR count). The molecule has 0 bridgehead atoms. The molecule has 9 nitrogen and oxygen atoms in total. The Morgan fingerprint density at radius 2 is 2.09 bits per heavy atom. The van der Waals surface area contributed by atoms with Crippen molar-refractivity contribution >= 4 is 17.6 Å². The Bertz CT molecular complexity index is 1120. The first-order chi connectivity index (χ1) is 15.7. The number of nitrogens with two attached hydrogens (primary N) is 1. The number of carbonyl (C=O) groups excluding carboxylic acids is 1. The van der Waals surface area contributed by atoms with Crippen molar-refractivity contribution in [2.45, 2.75) is 51.7 Å². The topological polar surface area (TPSA) is 102 Å². The molecule has 0 saturated carbocycles. The highest BCUT2D eigenvalue weighted by Gasteiger charge is 2.30. The molecule has 1 aliphatic rings. The van der Waals surface area contributed by atoms with Gasteiger partial charge in [-0.15, -0.1) is 0 Å². The normalized spacial score (nSPS) is 16.8. The number of hydrogen-bond donors (Lipinski definition) is 1. The average Bonchev–Trinajstić information content (AvgIpc) is 3.21. The molecule has 1 atom stereocenters. The highest BCUT2D eigenvalue weighted by Crippen LogP contribution is 2.24. The van der Waals surface area contributed by atoms with E-state index in [2.05, 4.69) is 14.9 Å². The van der Waals surface area contributed by atoms with E-state index in [-0.39, 0.29) is 12.1 Å². The van der Waals surface area contributed by atoms with E-state index in [1.165, 1.54) is 0 Å². The number of piperidine rings is 1. The molecule has 0 spiro atoms. The number of likely N-dealkylation sites (N-methyl/N-ethyl adjacent to an activating group) is 1. The molecule has 1 saturated heterocycles. The molecule has 1 fully saturated rings. The Morgan fingerprint density at radius 3 is 2.85 bits per heavy atom. The van der Waals surface area contributed by atoms with E-state index in [4.69, 9.17) is 15.5 Å². The summed E-state index contributed by atoms with van der Waals surface area (Å²) in [7, 11) is 2.02. The number of carbonyl (C=O) groups is 1. The second-order valence-corrected chi connectivity index (χ2v) is 9.52. The van der Waals surface area contributed by atoms with Gasteiger partial charge in [-0.3, -0.25) is 4.40 Å². The molecule has 1 aliphatic heterocycles. The maximum Gasteiger partial charge on any atom is 0.410 e. The van der Waals surface area contributed by atoms with Crippen LogP contribution in [0.1, 0.15) is 39.2 Å². The molecule has 3 aromatic rings. The molecule has 1 amide bonds. The number of nitrogens with zero attached hydrogens (tertiary/aromatic N) is 6. The zero-order valence-corrected chi connectivity index (χ0v) is 19.9. The van der Waals surface area contributed by atoms with Gasteiger partial charge in [0, 0.05) is 38.6 Å². The van der Waals surface area contributed by atoms with Gasteiger partial charge in [-0.2, -0.15) is 0 Å². The molecule has 9 heteroatoms. The summed E-state index contributed by atoms with van der Waals surface area (Å²) in [4.78, 5) is 30.3. The minimum Gasteiger partial charge on any atom is -0.444 e. The average molecular weight is 452 g/mol. The van der Waals surface area contributed by atoms with Crippen LogP contribution in [-0.4, -0.2) is 68.7 Å². The monoisotopic (exact) mass is 451 g/mol. The van der Waals surface area contributed by atoms with Crippen molar-refractivity contribution in [1.29, 1.82) is 0 Å². The van der Waals surface area contributed by atoms with E-state index in [1.807, 2.05) is 56.6 Å². The second-order valence-electron chi connectivity index (χ2n) is 9.52. The van der Waals surface area contributed by atoms with E-state index in [9.17, 15) is 4.79 Å². The Kier molecular flexibility index (Phi) is 6.51. The van der Waals surface area contributed by atoms with Gasteiger partial charge in [0.25, 0.3) is 0 Å². The van der Waals surface area contributed by atoms with Gasteiger partial charge in [0.05, 0.1) is 6.20 Å². The van der Waals surface area contributed by atoms with Gasteiger partial charge in [-0.1, -0.05) is 6.07 Å². The lowest BCUT2D eigenvalue weighted by Crippen LogP contribution is -2.50. The van der Waals surface area contributed by atoms with Crippen LogP contribution in [0.5, 0.6) is 0 Å². The summed E-state index contributed by atoms with van der Waals surface area (Å²) in [5.41, 5.74) is 8.03. The SMILES string of the molecule is CN(c1ccnc(-c2cnc3ccc(CCN)cn23)n1)[C@@H]1CCCN(C(=O)OC(C)(C)C)C1. The number of pyridine rings is 1. The van der Waals surface area contributed by atoms with Crippen LogP contribution >= 0.6 is 0 Å². The van der Waals surface area contributed by atoms with Crippen molar-refractivity contribution in [3.05, 3.63) is 42.4 Å². The van der Waals surface area contributed by atoms with Crippen LogP contribution in [0.15, 0.2) is 36.8 Å². The summed E-state index contributed by atoms with van der Waals surface area (Å²) in [6.45, 7) is 7.57. The maximum atomic E-state index is 12.6. The summed E-state index contributed by atoms with van der Waals surface area (Å²) in [5.74, 6) is 1.42. The van der Waals surface area contributed by atoms with Gasteiger partial charge < -0.3 is 20.3 Å². The fraction of sp³-hybridized carbons (Fsp3) is 0.500. The standard InChI is InChI=1S/C24H33N7O2/c1-24(2,3)33-23(32)30-13-5-6-18(16-30)29(4)21-10-12-26-22(28-21)19-14-27-20-8-7-17(9-11-25)15-31(19)20/h7-8,10,12,14-15,18H,5-6,9,11,13,16,25H2,1-4H3/t18-/m1/s1. The number of fused-ring (bicyclic) bond motifs is 1. The maximum absolute atomic E-state index is 12.6. The highest BCUT2D eigenvalue weighted by atomic mass is 16.6. The summed E-state index contributed by atoms with van der Waals surface area (Å²) in [6.07, 6.45) is 8.05. The third kappa shape index (κ3) is 5.24. The van der Waals surface area contributed by atoms with Gasteiger partial charge >= 0.3 is 6.09 Å². The van der Waals surface area contributed by atoms with Crippen LogP contribution in [0, 0.1) is 0 Å². The molecule has 3 aromatic heterocycles. The number of ether oxygens (including phenoxy) is 1. The lowest BCUT2D eigenvalue weighted by Gasteiger charge is -2.38. The number of imidazole rings is 1. The molecule has 33 heavy (non-hydrogen) atoms. The lowest BCUT2D eigenvalue weighted by atomic mass is 10.0. The number of hydrogen-bond acceptors (Lipinski definition) is 7. The van der Waals surface area contributed by atoms with Gasteiger partial charge in [-0.25, -0.2) is 19.7 Å². The molecular weight excluding hydrogens is 418 g/mol. The predicted molar refractivity (Wildman–Crippen MR) is 128 cm³/mol. The molecule has 2 N–H and O–H groups in total. The number of amides is 1. The van der Waals surface area contributed by atoms with Crippen LogP contribution in [-0.2, 0) is 11.2 Å². The summed E-state index contributed by atoms with van der Waals surface area (Å²) in [6, 6.07) is 6.08. The fourth-order valence-electron chi connectivity index (χ4n) is 4.12. The number of anilines is 1. The van der Waals surface area contributed by atoms with Crippen molar-refractivity contribution in [3.8, 4) is 11.5 Å². The fourth-order valence-corrected chi connectivity index (χ4v) is 4.12. The van der Waals surface area contributed by atoms with Gasteiger partial charge in [0.1, 0.15) is 22.8 Å². The molecular formula is C24H33N7O2. The van der Waals surface area contributed by atoms with Gasteiger partial charge in [0.2, 0.25) is 0 Å². The van der Waals surface area contributed by atoms with Gasteiger partial charge in [-0.05, 0) is 64.3 Å². The third-order valence-corrected chi connectivity index (χ3v) is 5.83. The van der Waals surface area contributed by atoms with E-state index < -0.39 is 5.60 Å². The van der Waals surface area contributed by atoms with E-state index in [0.29, 0.717) is 25.5 Å². The minimum atomic E-state index is -0.504. The summed E-state index contributed by atoms with van der Waals surface area (Å²) < 4.78 is 7.58. The van der Waals surface area contributed by atoms with Crippen molar-refractivity contribution in [1.82, 2.24) is 24.3 Å². The zero-order valence-electron chi connectivity index (χ0n) is 19.9. The van der Waals surface area contributed by atoms with Crippen LogP contribution < -0.4 is 10.6 Å². The molecule has 0 aliphatic carbocycles. The molecule has 176 valence electrons. The van der Waals surface area contributed by atoms with Crippen LogP contribution in [0.25, 0.3) is 17.2 Å². The van der Waals surface area contributed by atoms with Gasteiger partial charge in [0.15, 0.2) is 5.82 Å². The number of likely N-dealkylation sites (tertiary alicyclic amines) is 1. The van der Waals surface area contributed by atoms with E-state index in [1.54, 1.807) is 17.3 Å². The summed E-state index contributed by atoms with van der Waals surface area (Å²) >= 11 is 0. The van der Waals surface area contributed by atoms with Crippen LogP contribution in [0.3, 0.4) is 0 Å². The quantitative estimate of drug-likeness (QED) is 0.636. The van der Waals surface area contributed by atoms with Crippen molar-refractivity contribution < 1.29 is 9.53 Å². The third-order valence-electron chi connectivity index (χ3n) is 5.83. The first-order valence-electron chi connectivity index (χ1n) is 11.5. The minimum absolute atomic E-state index is 0.146. The van der Waals surface area contributed by atoms with Crippen molar-refractivity contribution in [3.63, 3.8) is 0 Å². The Balaban J connectivity index is 1.55. The van der Waals surface area contributed by atoms with Crippen molar-refractivity contribution in [2.24, 2.45) is 5.73 Å². The second kappa shape index (κ2) is 9.35. The first-order valence-corrected chi connectivity index (χ1v) is 11.5. The Hall–Kier alpha value is -3.20. The molecule has 0 unspecified atom stereocenters. The Labute approximate surface area is 194 Å². The van der Waals surface area contributed by atoms with E-state index in [0.717, 1.165) is 42.0 Å². The number of aromatic nitrogens is 4. The highest BCUT2D eigenvalue weighted by molar-refractivity contribution is 5.68. The molecule has 4 heterocycles. The van der Waals surface area contributed by atoms with Crippen molar-refractivity contribution in [2.75, 3.05) is 31.6 Å². The van der Waals surface area contributed by atoms with Crippen LogP contribution in [0.2, 0.25) is 0 Å². The number of rotatable bonds is 5. The summed E-state index contributed by atoms with van der Waals surface area (Å²) in [5, 5.41) is 0. The van der Waals surface area contributed by atoms with E-state index >= 15 is 0 Å². The lowest BCUT2D eigenvalue weighted by molar-refractivity contribution is 0.0199. The van der Waals surface area contributed by atoms with Crippen LogP contribution in [0.4, 0.5) is 10.6 Å². The largest absolute Gasteiger partial charge is 0.444 e. The smallest absolute Gasteiger partial charge is 0.410 e.